The van der Waals surface area contributed by atoms with E-state index >= 15 is 0 Å². The second kappa shape index (κ2) is 8.51. The van der Waals surface area contributed by atoms with Crippen LogP contribution in [0, 0.1) is 0 Å². The van der Waals surface area contributed by atoms with Crippen LogP contribution in [0.1, 0.15) is 22.8 Å². The van der Waals surface area contributed by atoms with Gasteiger partial charge in [0.2, 0.25) is 0 Å². The molecule has 158 valence electrons. The van der Waals surface area contributed by atoms with E-state index in [2.05, 4.69) is 0 Å². The summed E-state index contributed by atoms with van der Waals surface area (Å²) < 4.78 is 10.7. The van der Waals surface area contributed by atoms with Crippen LogP contribution in [0.2, 0.25) is 5.02 Å². The van der Waals surface area contributed by atoms with Gasteiger partial charge in [-0.1, -0.05) is 54.1 Å². The van der Waals surface area contributed by atoms with Gasteiger partial charge in [0.05, 0.1) is 12.1 Å². The SMILES string of the molecule is COc1ccc(Cc2cc([C@@H]3O[C@H](O)[C@@H](O)[C@H](O)[C@H]3O)c3ccccc3c2Cl)cc1. The van der Waals surface area contributed by atoms with Gasteiger partial charge in [0, 0.05) is 5.39 Å². The molecule has 4 N–H and O–H groups in total. The highest BCUT2D eigenvalue weighted by Crippen LogP contribution is 2.39. The number of fused-ring (bicyclic) bond motifs is 1. The lowest BCUT2D eigenvalue weighted by Gasteiger charge is -2.39. The maximum Gasteiger partial charge on any atom is 0.184 e. The van der Waals surface area contributed by atoms with E-state index in [1.54, 1.807) is 7.11 Å². The van der Waals surface area contributed by atoms with Crippen molar-refractivity contribution in [3.63, 3.8) is 0 Å². The van der Waals surface area contributed by atoms with Gasteiger partial charge >= 0.3 is 0 Å². The Kier molecular flexibility index (Phi) is 5.97. The molecule has 30 heavy (non-hydrogen) atoms. The summed E-state index contributed by atoms with van der Waals surface area (Å²) in [4.78, 5) is 0. The van der Waals surface area contributed by atoms with Crippen molar-refractivity contribution in [1.29, 1.82) is 0 Å². The molecule has 0 saturated carbocycles. The van der Waals surface area contributed by atoms with Gasteiger partial charge in [-0.25, -0.2) is 0 Å². The summed E-state index contributed by atoms with van der Waals surface area (Å²) in [5.41, 5.74) is 2.40. The van der Waals surface area contributed by atoms with Gasteiger partial charge in [-0.3, -0.25) is 0 Å². The Morgan fingerprint density at radius 1 is 0.900 bits per heavy atom. The lowest BCUT2D eigenvalue weighted by molar-refractivity contribution is -0.284. The lowest BCUT2D eigenvalue weighted by Crippen LogP contribution is -2.54. The molecule has 0 amide bonds. The van der Waals surface area contributed by atoms with Crippen LogP contribution in [-0.2, 0) is 11.2 Å². The topological polar surface area (TPSA) is 99.4 Å². The summed E-state index contributed by atoms with van der Waals surface area (Å²) in [6.07, 6.45) is -6.67. The summed E-state index contributed by atoms with van der Waals surface area (Å²) >= 11 is 6.71. The fraction of sp³-hybridized carbons (Fsp3) is 0.304. The van der Waals surface area contributed by atoms with Crippen LogP contribution in [-0.4, -0.2) is 52.1 Å². The molecule has 1 heterocycles. The molecule has 0 radical (unpaired) electrons. The van der Waals surface area contributed by atoms with Crippen molar-refractivity contribution in [1.82, 2.24) is 0 Å². The fourth-order valence-electron chi connectivity index (χ4n) is 3.87. The van der Waals surface area contributed by atoms with E-state index in [9.17, 15) is 20.4 Å². The first-order valence-corrected chi connectivity index (χ1v) is 9.99. The zero-order valence-electron chi connectivity index (χ0n) is 16.3. The molecule has 3 aromatic rings. The highest BCUT2D eigenvalue weighted by atomic mass is 35.5. The number of methoxy groups -OCH3 is 1. The van der Waals surface area contributed by atoms with Crippen molar-refractivity contribution in [3.05, 3.63) is 76.3 Å². The van der Waals surface area contributed by atoms with Crippen molar-refractivity contribution in [2.24, 2.45) is 0 Å². The summed E-state index contributed by atoms with van der Waals surface area (Å²) in [6, 6.07) is 16.9. The van der Waals surface area contributed by atoms with Gasteiger partial charge in [0.25, 0.3) is 0 Å². The second-order valence-electron chi connectivity index (χ2n) is 7.43. The summed E-state index contributed by atoms with van der Waals surface area (Å²) in [6.45, 7) is 0. The minimum absolute atomic E-state index is 0.525. The summed E-state index contributed by atoms with van der Waals surface area (Å²) in [5, 5.41) is 42.6. The van der Waals surface area contributed by atoms with Gasteiger partial charge in [0.15, 0.2) is 6.29 Å². The van der Waals surface area contributed by atoms with Crippen LogP contribution < -0.4 is 4.74 Å². The summed E-state index contributed by atoms with van der Waals surface area (Å²) in [7, 11) is 1.61. The highest BCUT2D eigenvalue weighted by Gasteiger charge is 2.44. The molecule has 1 aliphatic heterocycles. The van der Waals surface area contributed by atoms with E-state index in [4.69, 9.17) is 21.1 Å². The third-order valence-corrected chi connectivity index (χ3v) is 5.98. The molecule has 0 aromatic heterocycles. The van der Waals surface area contributed by atoms with Gasteiger partial charge in [0.1, 0.15) is 30.2 Å². The predicted octanol–water partition coefficient (Wildman–Crippen LogP) is 2.57. The molecule has 4 rings (SSSR count). The molecule has 0 bridgehead atoms. The number of hydrogen-bond acceptors (Lipinski definition) is 6. The summed E-state index contributed by atoms with van der Waals surface area (Å²) in [5.74, 6) is 0.754. The Hall–Kier alpha value is -2.19. The number of hydrogen-bond donors (Lipinski definition) is 4. The minimum Gasteiger partial charge on any atom is -0.497 e. The molecule has 5 atom stereocenters. The number of ether oxygens (including phenoxy) is 2. The Morgan fingerprint density at radius 2 is 1.57 bits per heavy atom. The Labute approximate surface area is 178 Å². The first-order valence-electron chi connectivity index (χ1n) is 9.61. The number of aliphatic hydroxyl groups is 4. The van der Waals surface area contributed by atoms with Crippen LogP contribution in [0.25, 0.3) is 10.8 Å². The third kappa shape index (κ3) is 3.78. The van der Waals surface area contributed by atoms with Crippen LogP contribution in [0.4, 0.5) is 0 Å². The maximum atomic E-state index is 10.6. The molecule has 6 nitrogen and oxygen atoms in total. The minimum atomic E-state index is -1.62. The number of halogens is 1. The second-order valence-corrected chi connectivity index (χ2v) is 7.81. The van der Waals surface area contributed by atoms with Crippen LogP contribution in [0.3, 0.4) is 0 Å². The van der Waals surface area contributed by atoms with Gasteiger partial charge < -0.3 is 29.9 Å². The molecule has 3 aromatic carbocycles. The van der Waals surface area contributed by atoms with E-state index in [-0.39, 0.29) is 0 Å². The monoisotopic (exact) mass is 430 g/mol. The number of benzene rings is 3. The molecule has 0 unspecified atom stereocenters. The van der Waals surface area contributed by atoms with Crippen molar-refractivity contribution in [2.45, 2.75) is 37.1 Å². The average molecular weight is 431 g/mol. The Bertz CT molecular complexity index is 1040. The molecular formula is C23H23ClO6. The van der Waals surface area contributed by atoms with Crippen molar-refractivity contribution in [2.75, 3.05) is 7.11 Å². The first kappa shape index (κ1) is 21.1. The maximum absolute atomic E-state index is 10.6. The van der Waals surface area contributed by atoms with Gasteiger partial charge in [-0.2, -0.15) is 0 Å². The van der Waals surface area contributed by atoms with Crippen molar-refractivity contribution < 1.29 is 29.9 Å². The molecular weight excluding hydrogens is 408 g/mol. The lowest BCUT2D eigenvalue weighted by atomic mass is 9.88. The normalized spacial score (nSPS) is 26.7. The quantitative estimate of drug-likeness (QED) is 0.507. The number of rotatable bonds is 4. The van der Waals surface area contributed by atoms with Gasteiger partial charge in [-0.15, -0.1) is 0 Å². The standard InChI is InChI=1S/C23H23ClO6/c1-29-14-8-6-12(7-9-14)10-13-11-17(15-4-2-3-5-16(15)18(13)24)22-20(26)19(25)21(27)23(28)30-22/h2-9,11,19-23,25-28H,10H2,1H3/t19-,20-,21+,22+,23+/m1/s1. The highest BCUT2D eigenvalue weighted by molar-refractivity contribution is 6.36. The zero-order valence-corrected chi connectivity index (χ0v) is 17.0. The van der Waals surface area contributed by atoms with Gasteiger partial charge in [-0.05, 0) is 40.6 Å². The van der Waals surface area contributed by atoms with E-state index < -0.39 is 30.7 Å². The van der Waals surface area contributed by atoms with Crippen molar-refractivity contribution >= 4 is 22.4 Å². The molecule has 1 saturated heterocycles. The molecule has 0 spiro atoms. The smallest absolute Gasteiger partial charge is 0.184 e. The average Bonchev–Trinajstić information content (AvgIpc) is 2.77. The van der Waals surface area contributed by atoms with E-state index in [0.717, 1.165) is 27.6 Å². The molecule has 1 fully saturated rings. The van der Waals surface area contributed by atoms with E-state index in [0.29, 0.717) is 17.0 Å². The Balaban J connectivity index is 1.80. The molecule has 0 aliphatic carbocycles. The molecule has 7 heteroatoms. The van der Waals surface area contributed by atoms with Crippen LogP contribution in [0.5, 0.6) is 5.75 Å². The zero-order chi connectivity index (χ0) is 21.4. The predicted molar refractivity (Wildman–Crippen MR) is 113 cm³/mol. The van der Waals surface area contributed by atoms with E-state index in [1.807, 2.05) is 54.6 Å². The van der Waals surface area contributed by atoms with E-state index in [1.165, 1.54) is 0 Å². The van der Waals surface area contributed by atoms with Crippen LogP contribution in [0.15, 0.2) is 54.6 Å². The number of aliphatic hydroxyl groups excluding tert-OH is 4. The third-order valence-electron chi connectivity index (χ3n) is 5.53. The molecule has 1 aliphatic rings. The first-order chi connectivity index (χ1) is 14.4. The van der Waals surface area contributed by atoms with Crippen LogP contribution >= 0.6 is 11.6 Å². The fourth-order valence-corrected chi connectivity index (χ4v) is 4.16. The van der Waals surface area contributed by atoms with Crippen molar-refractivity contribution in [3.8, 4) is 5.75 Å². The Morgan fingerprint density at radius 3 is 2.23 bits per heavy atom. The largest absolute Gasteiger partial charge is 0.497 e.